The lowest BCUT2D eigenvalue weighted by atomic mass is 10.1. The van der Waals surface area contributed by atoms with Gasteiger partial charge < -0.3 is 15.1 Å². The highest BCUT2D eigenvalue weighted by Gasteiger charge is 2.14. The Hall–Kier alpha value is -2.90. The van der Waals surface area contributed by atoms with Crippen molar-refractivity contribution >= 4 is 38.9 Å². The van der Waals surface area contributed by atoms with Gasteiger partial charge in [-0.2, -0.15) is 5.10 Å². The lowest BCUT2D eigenvalue weighted by molar-refractivity contribution is 0.313. The van der Waals surface area contributed by atoms with Gasteiger partial charge in [-0.1, -0.05) is 24.3 Å². The zero-order valence-electron chi connectivity index (χ0n) is 15.7. The number of fused-ring (bicyclic) bond motifs is 1. The third-order valence-electron chi connectivity index (χ3n) is 5.23. The summed E-state index contributed by atoms with van der Waals surface area (Å²) in [6, 6.07) is 16.8. The minimum atomic E-state index is 0.807. The smallest absolute Gasteiger partial charge is 0.188 e. The summed E-state index contributed by atoms with van der Waals surface area (Å²) >= 11 is 1.59. The molecule has 0 bridgehead atoms. The molecule has 1 fully saturated rings. The van der Waals surface area contributed by atoms with Gasteiger partial charge in [0, 0.05) is 48.2 Å². The fraction of sp³-hybridized carbons (Fsp3) is 0.238. The number of H-pyrrole nitrogens is 1. The summed E-state index contributed by atoms with van der Waals surface area (Å²) in [5.74, 6) is 0.807. The number of thiazole rings is 1. The summed E-state index contributed by atoms with van der Waals surface area (Å²) in [5.41, 5.74) is 4.42. The summed E-state index contributed by atoms with van der Waals surface area (Å²) in [4.78, 5) is 9.56. The number of likely N-dealkylation sites (N-methyl/N-ethyl adjacent to an activating group) is 1. The summed E-state index contributed by atoms with van der Waals surface area (Å²) in [5, 5.41) is 14.7. The maximum Gasteiger partial charge on any atom is 0.188 e. The molecule has 3 heterocycles. The predicted octanol–water partition coefficient (Wildman–Crippen LogP) is 4.18. The van der Waals surface area contributed by atoms with Crippen molar-refractivity contribution in [3.63, 3.8) is 0 Å². The summed E-state index contributed by atoms with van der Waals surface area (Å²) < 4.78 is 0. The van der Waals surface area contributed by atoms with Crippen LogP contribution in [0.4, 0.5) is 16.6 Å². The van der Waals surface area contributed by atoms with Crippen molar-refractivity contribution in [3.05, 3.63) is 53.9 Å². The average Bonchev–Trinajstić information content (AvgIpc) is 3.37. The molecule has 0 unspecified atom stereocenters. The van der Waals surface area contributed by atoms with E-state index in [1.165, 1.54) is 5.69 Å². The zero-order chi connectivity index (χ0) is 18.9. The monoisotopic (exact) mass is 390 g/mol. The number of piperazine rings is 1. The molecule has 1 saturated heterocycles. The number of nitrogens with zero attached hydrogens (tertiary/aromatic N) is 4. The number of benzene rings is 2. The van der Waals surface area contributed by atoms with E-state index in [1.807, 2.05) is 24.3 Å². The first-order chi connectivity index (χ1) is 13.8. The Balaban J connectivity index is 1.32. The highest BCUT2D eigenvalue weighted by Crippen LogP contribution is 2.30. The van der Waals surface area contributed by atoms with E-state index in [-0.39, 0.29) is 0 Å². The number of para-hydroxylation sites is 1. The Bertz CT molecular complexity index is 1080. The third-order valence-corrected chi connectivity index (χ3v) is 5.99. The lowest BCUT2D eigenvalue weighted by Crippen LogP contribution is -2.44. The van der Waals surface area contributed by atoms with Gasteiger partial charge in [0.1, 0.15) is 0 Å². The van der Waals surface area contributed by atoms with Crippen LogP contribution in [0.5, 0.6) is 0 Å². The number of aromatic amines is 1. The van der Waals surface area contributed by atoms with Crippen molar-refractivity contribution in [2.75, 3.05) is 43.4 Å². The third kappa shape index (κ3) is 3.34. The van der Waals surface area contributed by atoms with Crippen molar-refractivity contribution in [2.24, 2.45) is 0 Å². The van der Waals surface area contributed by atoms with E-state index in [2.05, 4.69) is 62.0 Å². The molecule has 0 aliphatic carbocycles. The zero-order valence-corrected chi connectivity index (χ0v) is 16.5. The number of nitrogens with one attached hydrogen (secondary N) is 2. The van der Waals surface area contributed by atoms with Crippen molar-refractivity contribution in [3.8, 4) is 11.3 Å². The molecule has 5 rings (SSSR count). The highest BCUT2D eigenvalue weighted by molar-refractivity contribution is 7.14. The van der Waals surface area contributed by atoms with Gasteiger partial charge in [0.15, 0.2) is 10.9 Å². The van der Waals surface area contributed by atoms with Crippen LogP contribution >= 0.6 is 11.3 Å². The number of anilines is 3. The second-order valence-corrected chi connectivity index (χ2v) is 7.98. The Labute approximate surface area is 167 Å². The van der Waals surface area contributed by atoms with Gasteiger partial charge in [-0.05, 0) is 31.3 Å². The maximum atomic E-state index is 4.75. The Kier molecular flexibility index (Phi) is 4.46. The molecule has 0 atom stereocenters. The fourth-order valence-corrected chi connectivity index (χ4v) is 4.25. The van der Waals surface area contributed by atoms with Crippen LogP contribution in [0.2, 0.25) is 0 Å². The molecule has 6 nitrogen and oxygen atoms in total. The van der Waals surface area contributed by atoms with Crippen LogP contribution in [0.3, 0.4) is 0 Å². The Morgan fingerprint density at radius 2 is 1.79 bits per heavy atom. The van der Waals surface area contributed by atoms with Crippen molar-refractivity contribution in [1.82, 2.24) is 20.1 Å². The number of rotatable bonds is 4. The van der Waals surface area contributed by atoms with Crippen LogP contribution in [-0.4, -0.2) is 53.3 Å². The first kappa shape index (κ1) is 17.2. The molecular formula is C21H22N6S. The van der Waals surface area contributed by atoms with Gasteiger partial charge in [-0.3, -0.25) is 5.10 Å². The van der Waals surface area contributed by atoms with Crippen LogP contribution in [0, 0.1) is 0 Å². The molecule has 142 valence electrons. The molecule has 1 aliphatic heterocycles. The van der Waals surface area contributed by atoms with E-state index in [4.69, 9.17) is 4.98 Å². The van der Waals surface area contributed by atoms with Crippen LogP contribution in [-0.2, 0) is 0 Å². The number of hydrogen-bond acceptors (Lipinski definition) is 6. The number of aromatic nitrogens is 3. The van der Waals surface area contributed by atoms with Gasteiger partial charge in [0.25, 0.3) is 0 Å². The minimum absolute atomic E-state index is 0.807. The van der Waals surface area contributed by atoms with Crippen molar-refractivity contribution < 1.29 is 0 Å². The molecule has 0 spiro atoms. The largest absolute Gasteiger partial charge is 0.369 e. The van der Waals surface area contributed by atoms with Gasteiger partial charge in [-0.25, -0.2) is 4.98 Å². The molecule has 4 aromatic rings. The molecule has 0 saturated carbocycles. The van der Waals surface area contributed by atoms with E-state index in [0.717, 1.165) is 59.3 Å². The molecular weight excluding hydrogens is 368 g/mol. The van der Waals surface area contributed by atoms with E-state index in [9.17, 15) is 0 Å². The summed E-state index contributed by atoms with van der Waals surface area (Å²) in [6.07, 6.45) is 0. The molecule has 1 aliphatic rings. The Morgan fingerprint density at radius 3 is 2.61 bits per heavy atom. The average molecular weight is 391 g/mol. The van der Waals surface area contributed by atoms with Gasteiger partial charge in [0.05, 0.1) is 11.2 Å². The van der Waals surface area contributed by atoms with E-state index >= 15 is 0 Å². The van der Waals surface area contributed by atoms with Crippen LogP contribution in [0.1, 0.15) is 0 Å². The van der Waals surface area contributed by atoms with Crippen LogP contribution in [0.15, 0.2) is 53.9 Å². The first-order valence-electron chi connectivity index (χ1n) is 9.46. The van der Waals surface area contributed by atoms with Crippen molar-refractivity contribution in [2.45, 2.75) is 0 Å². The van der Waals surface area contributed by atoms with Gasteiger partial charge in [0.2, 0.25) is 0 Å². The summed E-state index contributed by atoms with van der Waals surface area (Å²) in [6.45, 7) is 4.39. The molecule has 28 heavy (non-hydrogen) atoms. The standard InChI is InChI=1S/C21H22N6S/c1-26-10-12-27(13-11-26)16-8-6-15(7-9-16)19-14-28-21(22-19)23-20-17-4-2-3-5-18(17)24-25-20/h2-9,14H,10-13H2,1H3,(H2,22,23,24,25). The lowest BCUT2D eigenvalue weighted by Gasteiger charge is -2.34. The fourth-order valence-electron chi connectivity index (χ4n) is 3.53. The molecule has 0 radical (unpaired) electrons. The first-order valence-corrected chi connectivity index (χ1v) is 10.3. The maximum absolute atomic E-state index is 4.75. The van der Waals surface area contributed by atoms with Gasteiger partial charge in [-0.15, -0.1) is 11.3 Å². The second-order valence-electron chi connectivity index (χ2n) is 7.12. The summed E-state index contributed by atoms with van der Waals surface area (Å²) in [7, 11) is 2.18. The van der Waals surface area contributed by atoms with Crippen LogP contribution < -0.4 is 10.2 Å². The SMILES string of the molecule is CN1CCN(c2ccc(-c3csc(Nc4n[nH]c5ccccc45)n3)cc2)CC1. The molecule has 0 amide bonds. The van der Waals surface area contributed by atoms with E-state index < -0.39 is 0 Å². The second kappa shape index (κ2) is 7.26. The minimum Gasteiger partial charge on any atom is -0.369 e. The molecule has 7 heteroatoms. The quantitative estimate of drug-likeness (QED) is 0.547. The molecule has 2 N–H and O–H groups in total. The molecule has 2 aromatic carbocycles. The van der Waals surface area contributed by atoms with Gasteiger partial charge >= 0.3 is 0 Å². The van der Waals surface area contributed by atoms with E-state index in [1.54, 1.807) is 11.3 Å². The van der Waals surface area contributed by atoms with Crippen LogP contribution in [0.25, 0.3) is 22.2 Å². The normalized spacial score (nSPS) is 15.2. The van der Waals surface area contributed by atoms with Crippen molar-refractivity contribution in [1.29, 1.82) is 0 Å². The van der Waals surface area contributed by atoms with E-state index in [0.29, 0.717) is 0 Å². The highest BCUT2D eigenvalue weighted by atomic mass is 32.1. The molecule has 2 aromatic heterocycles. The Morgan fingerprint density at radius 1 is 1.00 bits per heavy atom. The number of hydrogen-bond donors (Lipinski definition) is 2. The predicted molar refractivity (Wildman–Crippen MR) is 117 cm³/mol. The topological polar surface area (TPSA) is 60.1 Å².